The second-order valence-electron chi connectivity index (χ2n) is 2.94. The highest BCUT2D eigenvalue weighted by atomic mass is 32.1. The van der Waals surface area contributed by atoms with Gasteiger partial charge in [0.05, 0.1) is 0 Å². The Balaban J connectivity index is 2.37. The van der Waals surface area contributed by atoms with Crippen molar-refractivity contribution in [1.82, 2.24) is 15.4 Å². The lowest BCUT2D eigenvalue weighted by Gasteiger charge is -1.98. The van der Waals surface area contributed by atoms with E-state index in [0.717, 1.165) is 29.6 Å². The molecule has 0 aliphatic rings. The Labute approximate surface area is 81.9 Å². The standard InChI is InChI=1S/C9H11N3S/c13-6-2-4-7-3-1-5-8-9(7)11-12-10-8/h1,3,5,13H,2,4,6H2,(H,10,11,12). The fourth-order valence-electron chi connectivity index (χ4n) is 1.40. The van der Waals surface area contributed by atoms with Crippen LogP contribution in [0.4, 0.5) is 0 Å². The molecular formula is C9H11N3S. The molecule has 0 spiro atoms. The maximum absolute atomic E-state index is 4.19. The monoisotopic (exact) mass is 193 g/mol. The zero-order chi connectivity index (χ0) is 9.10. The average molecular weight is 193 g/mol. The van der Waals surface area contributed by atoms with Gasteiger partial charge in [-0.05, 0) is 30.2 Å². The molecule has 0 saturated carbocycles. The van der Waals surface area contributed by atoms with Crippen LogP contribution in [0.3, 0.4) is 0 Å². The first-order valence-corrected chi connectivity index (χ1v) is 4.94. The summed E-state index contributed by atoms with van der Waals surface area (Å²) < 4.78 is 0. The van der Waals surface area contributed by atoms with Crippen LogP contribution in [0, 0.1) is 0 Å². The van der Waals surface area contributed by atoms with Gasteiger partial charge in [-0.25, -0.2) is 0 Å². The lowest BCUT2D eigenvalue weighted by molar-refractivity contribution is 0.928. The van der Waals surface area contributed by atoms with E-state index >= 15 is 0 Å². The van der Waals surface area contributed by atoms with Gasteiger partial charge in [-0.15, -0.1) is 0 Å². The first-order chi connectivity index (χ1) is 6.42. The number of H-pyrrole nitrogens is 1. The minimum Gasteiger partial charge on any atom is -0.197 e. The molecule has 0 bridgehead atoms. The number of thiol groups is 1. The molecule has 1 aromatic heterocycles. The minimum atomic E-state index is 0.911. The molecule has 13 heavy (non-hydrogen) atoms. The summed E-state index contributed by atoms with van der Waals surface area (Å²) in [6.45, 7) is 0. The van der Waals surface area contributed by atoms with E-state index in [1.165, 1.54) is 5.56 Å². The number of aromatic nitrogens is 3. The predicted molar refractivity (Wildman–Crippen MR) is 56.1 cm³/mol. The third-order valence-corrected chi connectivity index (χ3v) is 2.35. The molecule has 3 nitrogen and oxygen atoms in total. The highest BCUT2D eigenvalue weighted by Gasteiger charge is 2.02. The van der Waals surface area contributed by atoms with E-state index < -0.39 is 0 Å². The van der Waals surface area contributed by atoms with E-state index in [4.69, 9.17) is 0 Å². The molecule has 0 radical (unpaired) electrons. The maximum Gasteiger partial charge on any atom is 0.116 e. The molecule has 2 rings (SSSR count). The smallest absolute Gasteiger partial charge is 0.116 e. The molecule has 1 N–H and O–H groups in total. The molecule has 68 valence electrons. The van der Waals surface area contributed by atoms with Gasteiger partial charge in [0.1, 0.15) is 11.0 Å². The fourth-order valence-corrected chi connectivity index (χ4v) is 1.56. The molecule has 0 aliphatic heterocycles. The van der Waals surface area contributed by atoms with E-state index in [-0.39, 0.29) is 0 Å². The van der Waals surface area contributed by atoms with E-state index in [2.05, 4.69) is 34.1 Å². The number of para-hydroxylation sites is 1. The molecule has 0 unspecified atom stereocenters. The van der Waals surface area contributed by atoms with Crippen LogP contribution in [-0.2, 0) is 6.42 Å². The average Bonchev–Trinajstić information content (AvgIpc) is 2.62. The number of nitrogens with zero attached hydrogens (tertiary/aromatic N) is 2. The second kappa shape index (κ2) is 3.79. The number of rotatable bonds is 3. The van der Waals surface area contributed by atoms with Crippen molar-refractivity contribution in [3.8, 4) is 0 Å². The van der Waals surface area contributed by atoms with Gasteiger partial charge < -0.3 is 0 Å². The van der Waals surface area contributed by atoms with Crippen LogP contribution in [0.5, 0.6) is 0 Å². The van der Waals surface area contributed by atoms with Crippen LogP contribution in [0.25, 0.3) is 11.0 Å². The molecule has 2 aromatic rings. The third kappa shape index (κ3) is 1.67. The Bertz CT molecular complexity index is 396. The van der Waals surface area contributed by atoms with Crippen molar-refractivity contribution in [2.24, 2.45) is 0 Å². The van der Waals surface area contributed by atoms with Crippen molar-refractivity contribution >= 4 is 23.7 Å². The molecule has 1 aromatic carbocycles. The van der Waals surface area contributed by atoms with Gasteiger partial charge in [0.15, 0.2) is 0 Å². The number of hydrogen-bond donors (Lipinski definition) is 2. The van der Waals surface area contributed by atoms with Gasteiger partial charge >= 0.3 is 0 Å². The number of aromatic amines is 1. The van der Waals surface area contributed by atoms with Crippen LogP contribution >= 0.6 is 12.6 Å². The number of aryl methyl sites for hydroxylation is 1. The van der Waals surface area contributed by atoms with E-state index in [9.17, 15) is 0 Å². The summed E-state index contributed by atoms with van der Waals surface area (Å²) in [5.41, 5.74) is 3.18. The Kier molecular flexibility index (Phi) is 2.49. The Hall–Kier alpha value is -1.03. The van der Waals surface area contributed by atoms with Crippen LogP contribution < -0.4 is 0 Å². The lowest BCUT2D eigenvalue weighted by atomic mass is 10.1. The number of benzene rings is 1. The third-order valence-electron chi connectivity index (χ3n) is 2.03. The van der Waals surface area contributed by atoms with Gasteiger partial charge in [0.25, 0.3) is 0 Å². The summed E-state index contributed by atoms with van der Waals surface area (Å²) in [6.07, 6.45) is 2.10. The molecule has 0 saturated heterocycles. The van der Waals surface area contributed by atoms with Crippen molar-refractivity contribution < 1.29 is 0 Å². The molecule has 1 heterocycles. The highest BCUT2D eigenvalue weighted by Crippen LogP contribution is 2.15. The Morgan fingerprint density at radius 3 is 3.08 bits per heavy atom. The Morgan fingerprint density at radius 2 is 2.23 bits per heavy atom. The normalized spacial score (nSPS) is 10.8. The van der Waals surface area contributed by atoms with Gasteiger partial charge in [0, 0.05) is 0 Å². The van der Waals surface area contributed by atoms with Crippen LogP contribution in [0.15, 0.2) is 18.2 Å². The summed E-state index contributed by atoms with van der Waals surface area (Å²) in [5.74, 6) is 0.911. The minimum absolute atomic E-state index is 0.911. The SMILES string of the molecule is SCCCc1cccc2n[nH]nc12. The van der Waals surface area contributed by atoms with Crippen molar-refractivity contribution in [2.75, 3.05) is 5.75 Å². The molecule has 0 aliphatic carbocycles. The zero-order valence-electron chi connectivity index (χ0n) is 7.20. The topological polar surface area (TPSA) is 41.6 Å². The van der Waals surface area contributed by atoms with Crippen molar-refractivity contribution in [3.05, 3.63) is 23.8 Å². The van der Waals surface area contributed by atoms with Crippen LogP contribution in [0.2, 0.25) is 0 Å². The molecule has 4 heteroatoms. The first-order valence-electron chi connectivity index (χ1n) is 4.31. The highest BCUT2D eigenvalue weighted by molar-refractivity contribution is 7.80. The summed E-state index contributed by atoms with van der Waals surface area (Å²) >= 11 is 4.19. The van der Waals surface area contributed by atoms with E-state index in [1.54, 1.807) is 0 Å². The zero-order valence-corrected chi connectivity index (χ0v) is 8.09. The first kappa shape index (κ1) is 8.56. The maximum atomic E-state index is 4.19. The van der Waals surface area contributed by atoms with Crippen LogP contribution in [-0.4, -0.2) is 21.2 Å². The largest absolute Gasteiger partial charge is 0.197 e. The van der Waals surface area contributed by atoms with Crippen molar-refractivity contribution in [3.63, 3.8) is 0 Å². The van der Waals surface area contributed by atoms with Gasteiger partial charge in [-0.1, -0.05) is 12.1 Å². The second-order valence-corrected chi connectivity index (χ2v) is 3.38. The van der Waals surface area contributed by atoms with Gasteiger partial charge in [-0.2, -0.15) is 28.0 Å². The summed E-state index contributed by atoms with van der Waals surface area (Å²) in [4.78, 5) is 0. The lowest BCUT2D eigenvalue weighted by Crippen LogP contribution is -1.87. The quantitative estimate of drug-likeness (QED) is 0.730. The summed E-state index contributed by atoms with van der Waals surface area (Å²) in [5, 5.41) is 10.8. The van der Waals surface area contributed by atoms with E-state index in [0.29, 0.717) is 0 Å². The summed E-state index contributed by atoms with van der Waals surface area (Å²) in [6, 6.07) is 6.07. The van der Waals surface area contributed by atoms with Gasteiger partial charge in [0.2, 0.25) is 0 Å². The fraction of sp³-hybridized carbons (Fsp3) is 0.333. The van der Waals surface area contributed by atoms with E-state index in [1.807, 2.05) is 12.1 Å². The van der Waals surface area contributed by atoms with Gasteiger partial charge in [-0.3, -0.25) is 0 Å². The molecule has 0 atom stereocenters. The number of hydrogen-bond acceptors (Lipinski definition) is 3. The van der Waals surface area contributed by atoms with Crippen molar-refractivity contribution in [1.29, 1.82) is 0 Å². The molecular weight excluding hydrogens is 182 g/mol. The summed E-state index contributed by atoms with van der Waals surface area (Å²) in [7, 11) is 0. The Morgan fingerprint density at radius 1 is 1.31 bits per heavy atom. The number of nitrogens with one attached hydrogen (secondary N) is 1. The van der Waals surface area contributed by atoms with Crippen molar-refractivity contribution in [2.45, 2.75) is 12.8 Å². The number of fused-ring (bicyclic) bond motifs is 1. The molecule has 0 fully saturated rings. The van der Waals surface area contributed by atoms with Crippen LogP contribution in [0.1, 0.15) is 12.0 Å². The predicted octanol–water partition coefficient (Wildman–Crippen LogP) is 1.82. The molecule has 0 amide bonds.